The molecule has 0 aliphatic carbocycles. The molecule has 3 nitrogen and oxygen atoms in total. The standard InChI is InChI=1S/C12H7BrClFN2O/c13-11-4-2-8(6-16-11)17-12(18)7-1-3-10(15)9(14)5-7/h1-6H,(H,17,18). The van der Waals surface area contributed by atoms with Gasteiger partial charge in [0.05, 0.1) is 16.9 Å². The van der Waals surface area contributed by atoms with Crippen molar-refractivity contribution in [3.05, 3.63) is 57.5 Å². The number of pyridine rings is 1. The molecule has 1 amide bonds. The summed E-state index contributed by atoms with van der Waals surface area (Å²) in [7, 11) is 0. The van der Waals surface area contributed by atoms with Gasteiger partial charge in [-0.2, -0.15) is 0 Å². The van der Waals surface area contributed by atoms with Crippen LogP contribution in [-0.2, 0) is 0 Å². The Kier molecular flexibility index (Phi) is 3.93. The second-order valence-corrected chi connectivity index (χ2v) is 4.67. The van der Waals surface area contributed by atoms with Gasteiger partial charge in [0.2, 0.25) is 0 Å². The van der Waals surface area contributed by atoms with Gasteiger partial charge in [0.25, 0.3) is 5.91 Å². The smallest absolute Gasteiger partial charge is 0.255 e. The topological polar surface area (TPSA) is 42.0 Å². The molecule has 0 unspecified atom stereocenters. The first-order valence-electron chi connectivity index (χ1n) is 4.94. The monoisotopic (exact) mass is 328 g/mol. The Bertz CT molecular complexity index is 589. The number of amides is 1. The number of halogens is 3. The summed E-state index contributed by atoms with van der Waals surface area (Å²) in [5.74, 6) is -0.931. The molecule has 0 aliphatic heterocycles. The number of nitrogens with zero attached hydrogens (tertiary/aromatic N) is 1. The second kappa shape index (κ2) is 5.46. The highest BCUT2D eigenvalue weighted by molar-refractivity contribution is 9.10. The Labute approximate surface area is 116 Å². The largest absolute Gasteiger partial charge is 0.321 e. The van der Waals surface area contributed by atoms with Gasteiger partial charge in [-0.05, 0) is 46.3 Å². The molecule has 0 saturated carbocycles. The predicted octanol–water partition coefficient (Wildman–Crippen LogP) is 3.89. The number of benzene rings is 1. The minimum atomic E-state index is -0.557. The highest BCUT2D eigenvalue weighted by atomic mass is 79.9. The van der Waals surface area contributed by atoms with Gasteiger partial charge in [0, 0.05) is 5.56 Å². The van der Waals surface area contributed by atoms with Crippen molar-refractivity contribution in [2.24, 2.45) is 0 Å². The van der Waals surface area contributed by atoms with Crippen molar-refractivity contribution in [1.29, 1.82) is 0 Å². The van der Waals surface area contributed by atoms with Crippen molar-refractivity contribution in [3.63, 3.8) is 0 Å². The van der Waals surface area contributed by atoms with Crippen LogP contribution in [0, 0.1) is 5.82 Å². The van der Waals surface area contributed by atoms with Crippen LogP contribution in [0.5, 0.6) is 0 Å². The van der Waals surface area contributed by atoms with Crippen LogP contribution in [0.2, 0.25) is 5.02 Å². The fraction of sp³-hybridized carbons (Fsp3) is 0. The zero-order valence-corrected chi connectivity index (χ0v) is 11.3. The molecule has 1 aromatic heterocycles. The molecule has 0 saturated heterocycles. The van der Waals surface area contributed by atoms with E-state index in [1.807, 2.05) is 0 Å². The molecule has 2 aromatic rings. The number of rotatable bonds is 2. The van der Waals surface area contributed by atoms with Crippen molar-refractivity contribution >= 4 is 39.1 Å². The second-order valence-electron chi connectivity index (χ2n) is 3.45. The van der Waals surface area contributed by atoms with E-state index in [4.69, 9.17) is 11.6 Å². The van der Waals surface area contributed by atoms with E-state index in [0.717, 1.165) is 6.07 Å². The molecule has 0 aliphatic rings. The van der Waals surface area contributed by atoms with Crippen molar-refractivity contribution in [2.45, 2.75) is 0 Å². The van der Waals surface area contributed by atoms with Gasteiger partial charge in [-0.3, -0.25) is 4.79 Å². The van der Waals surface area contributed by atoms with Gasteiger partial charge >= 0.3 is 0 Å². The Morgan fingerprint density at radius 1 is 1.33 bits per heavy atom. The number of hydrogen-bond acceptors (Lipinski definition) is 2. The summed E-state index contributed by atoms with van der Waals surface area (Å²) >= 11 is 8.80. The van der Waals surface area contributed by atoms with E-state index in [2.05, 4.69) is 26.2 Å². The van der Waals surface area contributed by atoms with Crippen LogP contribution in [0.25, 0.3) is 0 Å². The van der Waals surface area contributed by atoms with E-state index in [-0.39, 0.29) is 16.5 Å². The van der Waals surface area contributed by atoms with E-state index in [1.165, 1.54) is 18.3 Å². The summed E-state index contributed by atoms with van der Waals surface area (Å²) in [6.07, 6.45) is 1.51. The molecule has 0 spiro atoms. The van der Waals surface area contributed by atoms with Gasteiger partial charge in [0.1, 0.15) is 10.4 Å². The molecule has 0 radical (unpaired) electrons. The van der Waals surface area contributed by atoms with Crippen molar-refractivity contribution in [2.75, 3.05) is 5.32 Å². The van der Waals surface area contributed by atoms with Crippen LogP contribution in [0.15, 0.2) is 41.1 Å². The number of carbonyl (C=O) groups is 1. The average molecular weight is 330 g/mol. The van der Waals surface area contributed by atoms with E-state index in [0.29, 0.717) is 10.3 Å². The van der Waals surface area contributed by atoms with Crippen LogP contribution in [-0.4, -0.2) is 10.9 Å². The molecule has 1 heterocycles. The van der Waals surface area contributed by atoms with Crippen LogP contribution >= 0.6 is 27.5 Å². The number of carbonyl (C=O) groups excluding carboxylic acids is 1. The van der Waals surface area contributed by atoms with Gasteiger partial charge in [-0.1, -0.05) is 11.6 Å². The minimum absolute atomic E-state index is 0.0865. The lowest BCUT2D eigenvalue weighted by molar-refractivity contribution is 0.102. The van der Waals surface area contributed by atoms with Crippen LogP contribution < -0.4 is 5.32 Å². The van der Waals surface area contributed by atoms with E-state index in [9.17, 15) is 9.18 Å². The highest BCUT2D eigenvalue weighted by Gasteiger charge is 2.09. The lowest BCUT2D eigenvalue weighted by Crippen LogP contribution is -2.12. The van der Waals surface area contributed by atoms with E-state index >= 15 is 0 Å². The highest BCUT2D eigenvalue weighted by Crippen LogP contribution is 2.17. The van der Waals surface area contributed by atoms with Crippen LogP contribution in [0.1, 0.15) is 10.4 Å². The zero-order chi connectivity index (χ0) is 13.1. The third-order valence-electron chi connectivity index (χ3n) is 2.17. The summed E-state index contributed by atoms with van der Waals surface area (Å²) in [5.41, 5.74) is 0.827. The Morgan fingerprint density at radius 3 is 2.72 bits per heavy atom. The molecule has 0 bridgehead atoms. The summed E-state index contributed by atoms with van der Waals surface area (Å²) in [5, 5.41) is 2.54. The van der Waals surface area contributed by atoms with Crippen molar-refractivity contribution in [3.8, 4) is 0 Å². The van der Waals surface area contributed by atoms with Gasteiger partial charge in [0.15, 0.2) is 0 Å². The number of nitrogens with one attached hydrogen (secondary N) is 1. The Hall–Kier alpha value is -1.46. The Balaban J connectivity index is 2.16. The normalized spacial score (nSPS) is 10.2. The SMILES string of the molecule is O=C(Nc1ccc(Br)nc1)c1ccc(F)c(Cl)c1. The first kappa shape index (κ1) is 13.0. The van der Waals surface area contributed by atoms with Gasteiger partial charge in [-0.15, -0.1) is 0 Å². The van der Waals surface area contributed by atoms with Crippen molar-refractivity contribution < 1.29 is 9.18 Å². The first-order chi connectivity index (χ1) is 8.56. The first-order valence-corrected chi connectivity index (χ1v) is 6.11. The number of hydrogen-bond donors (Lipinski definition) is 1. The van der Waals surface area contributed by atoms with Crippen LogP contribution in [0.3, 0.4) is 0 Å². The maximum Gasteiger partial charge on any atom is 0.255 e. The van der Waals surface area contributed by atoms with E-state index < -0.39 is 5.82 Å². The maximum atomic E-state index is 13.0. The van der Waals surface area contributed by atoms with Gasteiger partial charge in [-0.25, -0.2) is 9.37 Å². The quantitative estimate of drug-likeness (QED) is 0.849. The maximum absolute atomic E-state index is 13.0. The average Bonchev–Trinajstić information content (AvgIpc) is 2.35. The number of aromatic nitrogens is 1. The summed E-state index contributed by atoms with van der Waals surface area (Å²) < 4.78 is 13.6. The summed E-state index contributed by atoms with van der Waals surface area (Å²) in [6.45, 7) is 0. The summed E-state index contributed by atoms with van der Waals surface area (Å²) in [6, 6.07) is 7.19. The van der Waals surface area contributed by atoms with Crippen molar-refractivity contribution in [1.82, 2.24) is 4.98 Å². The predicted molar refractivity (Wildman–Crippen MR) is 71.3 cm³/mol. The Morgan fingerprint density at radius 2 is 2.11 bits per heavy atom. The lowest BCUT2D eigenvalue weighted by Gasteiger charge is -2.05. The molecule has 6 heteroatoms. The third-order valence-corrected chi connectivity index (χ3v) is 2.93. The zero-order valence-electron chi connectivity index (χ0n) is 8.95. The molecule has 2 rings (SSSR count). The van der Waals surface area contributed by atoms with Crippen LogP contribution in [0.4, 0.5) is 10.1 Å². The molecule has 0 atom stereocenters. The molecule has 92 valence electrons. The minimum Gasteiger partial charge on any atom is -0.321 e. The molecule has 1 aromatic carbocycles. The third kappa shape index (κ3) is 3.05. The molecule has 18 heavy (non-hydrogen) atoms. The fourth-order valence-electron chi connectivity index (χ4n) is 1.29. The van der Waals surface area contributed by atoms with E-state index in [1.54, 1.807) is 12.1 Å². The lowest BCUT2D eigenvalue weighted by atomic mass is 10.2. The molecular weight excluding hydrogens is 323 g/mol. The molecular formula is C12H7BrClFN2O. The fourth-order valence-corrected chi connectivity index (χ4v) is 1.71. The molecule has 1 N–H and O–H groups in total. The summed E-state index contributed by atoms with van der Waals surface area (Å²) in [4.78, 5) is 15.8. The van der Waals surface area contributed by atoms with Gasteiger partial charge < -0.3 is 5.32 Å². The molecule has 0 fully saturated rings. The number of anilines is 1.